The number of nitrogens with zero attached hydrogens (tertiary/aromatic N) is 1. The van der Waals surface area contributed by atoms with E-state index in [2.05, 4.69) is 10.3 Å². The first-order valence-corrected chi connectivity index (χ1v) is 7.01. The first-order valence-electron chi connectivity index (χ1n) is 6.63. The monoisotopic (exact) mass is 282 g/mol. The smallest absolute Gasteiger partial charge is 0.254 e. The number of amides is 1. The molecule has 1 aliphatic rings. The molecule has 0 spiro atoms. The third-order valence-electron chi connectivity index (χ3n) is 3.81. The Morgan fingerprint density at radius 2 is 2.26 bits per heavy atom. The van der Waals surface area contributed by atoms with Crippen molar-refractivity contribution in [3.05, 3.63) is 28.5 Å². The Hall–Kier alpha value is -1.13. The highest BCUT2D eigenvalue weighted by molar-refractivity contribution is 6.33. The van der Waals surface area contributed by atoms with Gasteiger partial charge in [0.2, 0.25) is 0 Å². The van der Waals surface area contributed by atoms with Gasteiger partial charge in [0.05, 0.1) is 10.6 Å². The summed E-state index contributed by atoms with van der Waals surface area (Å²) in [7, 11) is 0. The number of aromatic nitrogens is 1. The molecule has 2 unspecified atom stereocenters. The van der Waals surface area contributed by atoms with Crippen molar-refractivity contribution in [1.82, 2.24) is 10.3 Å². The van der Waals surface area contributed by atoms with E-state index in [1.54, 1.807) is 6.07 Å². The predicted octanol–water partition coefficient (Wildman–Crippen LogP) is 2.18. The zero-order valence-electron chi connectivity index (χ0n) is 11.0. The van der Waals surface area contributed by atoms with Crippen LogP contribution in [-0.4, -0.2) is 29.1 Å². The van der Waals surface area contributed by atoms with Crippen LogP contribution in [0.3, 0.4) is 0 Å². The van der Waals surface area contributed by atoms with Crippen LogP contribution in [0.4, 0.5) is 0 Å². The van der Waals surface area contributed by atoms with Gasteiger partial charge in [-0.15, -0.1) is 0 Å². The van der Waals surface area contributed by atoms with Crippen LogP contribution >= 0.6 is 11.6 Å². The number of carbonyl (C=O) groups is 1. The minimum absolute atomic E-state index is 0.193. The molecule has 1 fully saturated rings. The lowest BCUT2D eigenvalue weighted by Gasteiger charge is -2.17. The maximum absolute atomic E-state index is 12.0. The molecule has 0 aromatic carbocycles. The van der Waals surface area contributed by atoms with E-state index in [9.17, 15) is 9.90 Å². The molecule has 1 saturated carbocycles. The maximum Gasteiger partial charge on any atom is 0.254 e. The second-order valence-corrected chi connectivity index (χ2v) is 5.56. The number of aryl methyl sites for hydroxylation is 1. The summed E-state index contributed by atoms with van der Waals surface area (Å²) in [5.74, 6) is 0.485. The van der Waals surface area contributed by atoms with E-state index >= 15 is 0 Å². The minimum Gasteiger partial charge on any atom is -0.396 e. The van der Waals surface area contributed by atoms with Crippen molar-refractivity contribution in [3.63, 3.8) is 0 Å². The van der Waals surface area contributed by atoms with E-state index in [0.29, 0.717) is 29.0 Å². The lowest BCUT2D eigenvalue weighted by molar-refractivity contribution is 0.0937. The molecular weight excluding hydrogens is 264 g/mol. The average Bonchev–Trinajstić information content (AvgIpc) is 2.83. The van der Waals surface area contributed by atoms with Crippen LogP contribution < -0.4 is 5.32 Å². The van der Waals surface area contributed by atoms with Gasteiger partial charge in [-0.1, -0.05) is 18.0 Å². The molecule has 19 heavy (non-hydrogen) atoms. The van der Waals surface area contributed by atoms with Gasteiger partial charge in [-0.2, -0.15) is 0 Å². The molecule has 1 aromatic rings. The van der Waals surface area contributed by atoms with Gasteiger partial charge < -0.3 is 10.4 Å². The van der Waals surface area contributed by atoms with Gasteiger partial charge in [0.1, 0.15) is 0 Å². The third kappa shape index (κ3) is 3.45. The molecule has 1 amide bonds. The largest absolute Gasteiger partial charge is 0.396 e. The summed E-state index contributed by atoms with van der Waals surface area (Å²) in [6.07, 6.45) is 4.74. The second kappa shape index (κ2) is 6.35. The molecule has 0 radical (unpaired) electrons. The molecule has 1 aliphatic carbocycles. The molecule has 104 valence electrons. The lowest BCUT2D eigenvalue weighted by atomic mass is 9.97. The number of halogens is 1. The van der Waals surface area contributed by atoms with Gasteiger partial charge in [-0.3, -0.25) is 9.78 Å². The number of rotatable bonds is 4. The molecule has 5 heteroatoms. The van der Waals surface area contributed by atoms with Gasteiger partial charge in [0, 0.05) is 25.0 Å². The first-order chi connectivity index (χ1) is 9.11. The number of hydrogen-bond acceptors (Lipinski definition) is 3. The Morgan fingerprint density at radius 1 is 1.53 bits per heavy atom. The normalized spacial score (nSPS) is 22.5. The van der Waals surface area contributed by atoms with Crippen molar-refractivity contribution in [3.8, 4) is 0 Å². The number of nitrogens with one attached hydrogen (secondary N) is 1. The van der Waals surface area contributed by atoms with Crippen LogP contribution in [0.15, 0.2) is 12.3 Å². The Labute approximate surface area is 118 Å². The van der Waals surface area contributed by atoms with E-state index in [0.717, 1.165) is 25.0 Å². The number of hydrogen-bond donors (Lipinski definition) is 2. The fraction of sp³-hybridized carbons (Fsp3) is 0.571. The van der Waals surface area contributed by atoms with Crippen molar-refractivity contribution in [1.29, 1.82) is 0 Å². The van der Waals surface area contributed by atoms with Crippen LogP contribution in [-0.2, 0) is 0 Å². The molecule has 2 atom stereocenters. The van der Waals surface area contributed by atoms with Gasteiger partial charge >= 0.3 is 0 Å². The molecular formula is C14H19ClN2O2. The van der Waals surface area contributed by atoms with Gasteiger partial charge in [0.15, 0.2) is 0 Å². The molecule has 1 heterocycles. The quantitative estimate of drug-likeness (QED) is 0.890. The average molecular weight is 283 g/mol. The van der Waals surface area contributed by atoms with Crippen molar-refractivity contribution < 1.29 is 9.90 Å². The van der Waals surface area contributed by atoms with Crippen LogP contribution in [0.1, 0.15) is 35.3 Å². The number of carbonyl (C=O) groups excluding carboxylic acids is 1. The lowest BCUT2D eigenvalue weighted by Crippen LogP contribution is -2.31. The van der Waals surface area contributed by atoms with Crippen LogP contribution in [0.25, 0.3) is 0 Å². The van der Waals surface area contributed by atoms with Crippen molar-refractivity contribution in [2.24, 2.45) is 11.8 Å². The highest BCUT2D eigenvalue weighted by Crippen LogP contribution is 2.30. The van der Waals surface area contributed by atoms with Crippen molar-refractivity contribution in [2.45, 2.75) is 26.2 Å². The van der Waals surface area contributed by atoms with Gasteiger partial charge in [-0.05, 0) is 37.7 Å². The summed E-state index contributed by atoms with van der Waals surface area (Å²) in [6.45, 7) is 2.62. The SMILES string of the molecule is Cc1cc(Cl)c(C(=O)NCC2CCCC2CO)cn1. The second-order valence-electron chi connectivity index (χ2n) is 5.15. The predicted molar refractivity (Wildman–Crippen MR) is 74.2 cm³/mol. The third-order valence-corrected chi connectivity index (χ3v) is 4.12. The molecule has 0 bridgehead atoms. The number of aliphatic hydroxyl groups excluding tert-OH is 1. The summed E-state index contributed by atoms with van der Waals surface area (Å²) >= 11 is 6.03. The molecule has 2 N–H and O–H groups in total. The molecule has 0 aliphatic heterocycles. The number of aliphatic hydroxyl groups is 1. The Bertz CT molecular complexity index is 465. The van der Waals surface area contributed by atoms with Gasteiger partial charge in [0.25, 0.3) is 5.91 Å². The molecule has 4 nitrogen and oxygen atoms in total. The highest BCUT2D eigenvalue weighted by atomic mass is 35.5. The topological polar surface area (TPSA) is 62.2 Å². The molecule has 0 saturated heterocycles. The van der Waals surface area contributed by atoms with Crippen molar-refractivity contribution in [2.75, 3.05) is 13.2 Å². The zero-order chi connectivity index (χ0) is 13.8. The van der Waals surface area contributed by atoms with Gasteiger partial charge in [-0.25, -0.2) is 0 Å². The first kappa shape index (κ1) is 14.3. The molecule has 1 aromatic heterocycles. The minimum atomic E-state index is -0.193. The summed E-state index contributed by atoms with van der Waals surface area (Å²) in [6, 6.07) is 1.68. The Morgan fingerprint density at radius 3 is 2.95 bits per heavy atom. The van der Waals surface area contributed by atoms with E-state index in [1.165, 1.54) is 6.20 Å². The molecule has 2 rings (SSSR count). The fourth-order valence-corrected chi connectivity index (χ4v) is 2.93. The van der Waals surface area contributed by atoms with E-state index < -0.39 is 0 Å². The maximum atomic E-state index is 12.0. The highest BCUT2D eigenvalue weighted by Gasteiger charge is 2.27. The Balaban J connectivity index is 1.94. The van der Waals surface area contributed by atoms with Crippen LogP contribution in [0.2, 0.25) is 5.02 Å². The van der Waals surface area contributed by atoms with Crippen LogP contribution in [0.5, 0.6) is 0 Å². The standard InChI is InChI=1S/C14H19ClN2O2/c1-9-5-13(15)12(7-16-9)14(19)17-6-10-3-2-4-11(10)8-18/h5,7,10-11,18H,2-4,6,8H2,1H3,(H,17,19). The van der Waals surface area contributed by atoms with E-state index in [1.807, 2.05) is 6.92 Å². The number of pyridine rings is 1. The van der Waals surface area contributed by atoms with Crippen LogP contribution in [0, 0.1) is 18.8 Å². The zero-order valence-corrected chi connectivity index (χ0v) is 11.8. The van der Waals surface area contributed by atoms with E-state index in [-0.39, 0.29) is 12.5 Å². The summed E-state index contributed by atoms with van der Waals surface area (Å²) in [5, 5.41) is 12.6. The summed E-state index contributed by atoms with van der Waals surface area (Å²) in [4.78, 5) is 16.1. The fourth-order valence-electron chi connectivity index (χ4n) is 2.64. The van der Waals surface area contributed by atoms with E-state index in [4.69, 9.17) is 11.6 Å². The summed E-state index contributed by atoms with van der Waals surface area (Å²) < 4.78 is 0. The Kier molecular flexibility index (Phi) is 4.77. The summed E-state index contributed by atoms with van der Waals surface area (Å²) in [5.41, 5.74) is 1.20. The van der Waals surface area contributed by atoms with Crippen molar-refractivity contribution >= 4 is 17.5 Å².